The second kappa shape index (κ2) is 3.83. The lowest BCUT2D eigenvalue weighted by molar-refractivity contribution is 1.22. The predicted octanol–water partition coefficient (Wildman–Crippen LogP) is 1.04. The summed E-state index contributed by atoms with van der Waals surface area (Å²) >= 11 is 0. The lowest BCUT2D eigenvalue weighted by Crippen LogP contribution is -2.12. The average molecular weight is 183 g/mol. The lowest BCUT2D eigenvalue weighted by atomic mass is 10.3. The van der Waals surface area contributed by atoms with Crippen molar-refractivity contribution in [1.29, 1.82) is 0 Å². The van der Waals surface area contributed by atoms with Gasteiger partial charge in [0.2, 0.25) is 0 Å². The molecule has 0 atom stereocenters. The van der Waals surface area contributed by atoms with Gasteiger partial charge in [-0.2, -0.15) is 0 Å². The van der Waals surface area contributed by atoms with E-state index in [1.54, 1.807) is 0 Å². The van der Waals surface area contributed by atoms with Crippen LogP contribution in [0.5, 0.6) is 0 Å². The van der Waals surface area contributed by atoms with Gasteiger partial charge >= 0.3 is 0 Å². The van der Waals surface area contributed by atoms with E-state index in [2.05, 4.69) is 30.7 Å². The predicted molar refractivity (Wildman–Crippen MR) is 55.2 cm³/mol. The largest absolute Gasteiger partial charge is 0.308 e. The highest BCUT2D eigenvalue weighted by molar-refractivity contribution is 7.64. The summed E-state index contributed by atoms with van der Waals surface area (Å²) in [6.07, 6.45) is 1.90. The molecule has 3 nitrogen and oxygen atoms in total. The molecule has 0 saturated carbocycles. The van der Waals surface area contributed by atoms with E-state index in [9.17, 15) is 0 Å². The van der Waals surface area contributed by atoms with Crippen molar-refractivity contribution in [2.45, 2.75) is 6.92 Å². The Hall–Kier alpha value is -0.660. The first kappa shape index (κ1) is 9.43. The number of aromatic nitrogens is 1. The second-order valence-electron chi connectivity index (χ2n) is 2.89. The zero-order chi connectivity index (χ0) is 9.14. The monoisotopic (exact) mass is 183 g/mol. The Balaban J connectivity index is 3.03. The van der Waals surface area contributed by atoms with Crippen molar-refractivity contribution in [2.75, 3.05) is 18.8 Å². The Labute approximate surface area is 74.1 Å². The first-order chi connectivity index (χ1) is 5.65. The van der Waals surface area contributed by atoms with Crippen LogP contribution in [-0.4, -0.2) is 18.3 Å². The number of hydrazine groups is 1. The SMILES string of the molecule is Cc1cc(NN)ncc1P(C)C. The van der Waals surface area contributed by atoms with Crippen molar-refractivity contribution in [3.8, 4) is 0 Å². The van der Waals surface area contributed by atoms with Crippen LogP contribution in [0.15, 0.2) is 12.3 Å². The molecule has 0 amide bonds. The molecule has 0 saturated heterocycles. The maximum Gasteiger partial charge on any atom is 0.140 e. The number of nitrogens with two attached hydrogens (primary N) is 1. The highest BCUT2D eigenvalue weighted by Crippen LogP contribution is 2.25. The van der Waals surface area contributed by atoms with Crippen molar-refractivity contribution in [3.63, 3.8) is 0 Å². The van der Waals surface area contributed by atoms with Gasteiger partial charge in [-0.25, -0.2) is 10.8 Å². The van der Waals surface area contributed by atoms with Crippen molar-refractivity contribution < 1.29 is 0 Å². The van der Waals surface area contributed by atoms with E-state index in [0.717, 1.165) is 5.82 Å². The molecule has 0 bridgehead atoms. The number of nitrogens with zero attached hydrogens (tertiary/aromatic N) is 1. The number of hydrogen-bond donors (Lipinski definition) is 2. The molecule has 0 fully saturated rings. The fraction of sp³-hybridized carbons (Fsp3) is 0.375. The molecule has 0 radical (unpaired) electrons. The van der Waals surface area contributed by atoms with Crippen LogP contribution in [0.25, 0.3) is 0 Å². The van der Waals surface area contributed by atoms with Gasteiger partial charge in [-0.05, 0) is 37.2 Å². The molecular weight excluding hydrogens is 169 g/mol. The average Bonchev–Trinajstić information content (AvgIpc) is 2.03. The van der Waals surface area contributed by atoms with Gasteiger partial charge in [-0.15, -0.1) is 0 Å². The van der Waals surface area contributed by atoms with Crippen molar-refractivity contribution in [3.05, 3.63) is 17.8 Å². The minimum Gasteiger partial charge on any atom is -0.308 e. The smallest absolute Gasteiger partial charge is 0.140 e. The molecular formula is C8H14N3P. The molecule has 0 unspecified atom stereocenters. The fourth-order valence-corrected chi connectivity index (χ4v) is 2.15. The number of anilines is 1. The highest BCUT2D eigenvalue weighted by Gasteiger charge is 2.03. The number of aryl methyl sites for hydroxylation is 1. The first-order valence-electron chi connectivity index (χ1n) is 3.75. The molecule has 0 aromatic carbocycles. The van der Waals surface area contributed by atoms with Gasteiger partial charge in [-0.1, -0.05) is 7.92 Å². The van der Waals surface area contributed by atoms with E-state index in [4.69, 9.17) is 5.84 Å². The third-order valence-electron chi connectivity index (χ3n) is 1.71. The summed E-state index contributed by atoms with van der Waals surface area (Å²) in [4.78, 5) is 4.16. The highest BCUT2D eigenvalue weighted by atomic mass is 31.1. The van der Waals surface area contributed by atoms with Gasteiger partial charge in [-0.3, -0.25) is 0 Å². The van der Waals surface area contributed by atoms with E-state index in [1.807, 2.05) is 12.3 Å². The zero-order valence-corrected chi connectivity index (χ0v) is 8.52. The number of rotatable bonds is 2. The van der Waals surface area contributed by atoms with Gasteiger partial charge in [0.25, 0.3) is 0 Å². The van der Waals surface area contributed by atoms with E-state index >= 15 is 0 Å². The summed E-state index contributed by atoms with van der Waals surface area (Å²) in [6, 6.07) is 1.97. The first-order valence-corrected chi connectivity index (χ1v) is 5.99. The van der Waals surface area contributed by atoms with Crippen LogP contribution in [-0.2, 0) is 0 Å². The molecule has 0 spiro atoms. The summed E-state index contributed by atoms with van der Waals surface area (Å²) in [7, 11) is -0.0649. The van der Waals surface area contributed by atoms with E-state index < -0.39 is 0 Å². The van der Waals surface area contributed by atoms with Crippen LogP contribution < -0.4 is 16.6 Å². The summed E-state index contributed by atoms with van der Waals surface area (Å²) in [5, 5.41) is 1.34. The standard InChI is InChI=1S/C8H14N3P/c1-6-4-8(11-9)10-5-7(6)12(2)3/h4-5H,9H2,1-3H3,(H,10,11). The number of pyridine rings is 1. The van der Waals surface area contributed by atoms with Gasteiger partial charge < -0.3 is 5.43 Å². The maximum absolute atomic E-state index is 5.24. The number of nitrogen functional groups attached to an aromatic ring is 1. The van der Waals surface area contributed by atoms with Crippen LogP contribution in [0, 0.1) is 6.92 Å². The normalized spacial score (nSPS) is 10.4. The molecule has 12 heavy (non-hydrogen) atoms. The van der Waals surface area contributed by atoms with Crippen LogP contribution in [0.3, 0.4) is 0 Å². The lowest BCUT2D eigenvalue weighted by Gasteiger charge is -2.10. The quantitative estimate of drug-likeness (QED) is 0.409. The Kier molecular flexibility index (Phi) is 3.01. The van der Waals surface area contributed by atoms with Gasteiger partial charge in [0, 0.05) is 6.20 Å². The number of nitrogens with one attached hydrogen (secondary N) is 1. The zero-order valence-electron chi connectivity index (χ0n) is 7.63. The Morgan fingerprint density at radius 3 is 2.58 bits per heavy atom. The minimum atomic E-state index is -0.0649. The van der Waals surface area contributed by atoms with E-state index in [1.165, 1.54) is 10.9 Å². The Morgan fingerprint density at radius 1 is 1.50 bits per heavy atom. The Bertz CT molecular complexity index is 273. The molecule has 1 heterocycles. The molecule has 1 rings (SSSR count). The van der Waals surface area contributed by atoms with Crippen molar-refractivity contribution in [2.24, 2.45) is 5.84 Å². The third kappa shape index (κ3) is 1.93. The Morgan fingerprint density at radius 2 is 2.17 bits per heavy atom. The second-order valence-corrected chi connectivity index (χ2v) is 5.17. The van der Waals surface area contributed by atoms with Gasteiger partial charge in [0.1, 0.15) is 5.82 Å². The van der Waals surface area contributed by atoms with Crippen LogP contribution in [0.2, 0.25) is 0 Å². The van der Waals surface area contributed by atoms with Crippen LogP contribution >= 0.6 is 7.92 Å². The fourth-order valence-electron chi connectivity index (χ4n) is 1.10. The molecule has 0 aliphatic carbocycles. The minimum absolute atomic E-state index is 0.0649. The van der Waals surface area contributed by atoms with E-state index in [-0.39, 0.29) is 7.92 Å². The van der Waals surface area contributed by atoms with Crippen LogP contribution in [0.4, 0.5) is 5.82 Å². The van der Waals surface area contributed by atoms with Gasteiger partial charge in [0.05, 0.1) is 0 Å². The molecule has 1 aromatic rings. The topological polar surface area (TPSA) is 50.9 Å². The maximum atomic E-state index is 5.24. The summed E-state index contributed by atoms with van der Waals surface area (Å²) in [5.74, 6) is 5.97. The molecule has 4 heteroatoms. The summed E-state index contributed by atoms with van der Waals surface area (Å²) in [6.45, 7) is 6.52. The van der Waals surface area contributed by atoms with Crippen molar-refractivity contribution in [1.82, 2.24) is 4.98 Å². The molecule has 1 aromatic heterocycles. The summed E-state index contributed by atoms with van der Waals surface area (Å²) in [5.41, 5.74) is 3.79. The van der Waals surface area contributed by atoms with E-state index in [0.29, 0.717) is 0 Å². The molecule has 66 valence electrons. The number of hydrogen-bond acceptors (Lipinski definition) is 3. The summed E-state index contributed by atoms with van der Waals surface area (Å²) < 4.78 is 0. The molecule has 0 aliphatic rings. The third-order valence-corrected chi connectivity index (χ3v) is 3.14. The van der Waals surface area contributed by atoms with Crippen molar-refractivity contribution >= 4 is 19.0 Å². The van der Waals surface area contributed by atoms with Gasteiger partial charge in [0.15, 0.2) is 0 Å². The molecule has 0 aliphatic heterocycles. The van der Waals surface area contributed by atoms with Crippen LogP contribution in [0.1, 0.15) is 5.56 Å². The molecule has 3 N–H and O–H groups in total.